The maximum atomic E-state index is 5.76. The Bertz CT molecular complexity index is 440. The SMILES string of the molecule is CNC(C1=COCCC1)c1cccc(OC(C)C)c1. The molecule has 1 aliphatic rings. The fraction of sp³-hybridized carbons (Fsp3) is 0.500. The van der Waals surface area contributed by atoms with E-state index >= 15 is 0 Å². The van der Waals surface area contributed by atoms with Crippen molar-refractivity contribution in [2.75, 3.05) is 13.7 Å². The lowest BCUT2D eigenvalue weighted by molar-refractivity contribution is 0.219. The molecule has 1 heterocycles. The molecule has 3 heteroatoms. The monoisotopic (exact) mass is 261 g/mol. The lowest BCUT2D eigenvalue weighted by atomic mass is 9.95. The van der Waals surface area contributed by atoms with Crippen LogP contribution < -0.4 is 10.1 Å². The summed E-state index contributed by atoms with van der Waals surface area (Å²) in [7, 11) is 1.98. The summed E-state index contributed by atoms with van der Waals surface area (Å²) in [4.78, 5) is 0. The third-order valence-corrected chi connectivity index (χ3v) is 3.19. The summed E-state index contributed by atoms with van der Waals surface area (Å²) in [6, 6.07) is 8.49. The Balaban J connectivity index is 2.20. The van der Waals surface area contributed by atoms with Gasteiger partial charge in [0.05, 0.1) is 25.0 Å². The van der Waals surface area contributed by atoms with E-state index in [1.165, 1.54) is 11.1 Å². The van der Waals surface area contributed by atoms with Crippen LogP contribution in [0.3, 0.4) is 0 Å². The van der Waals surface area contributed by atoms with Crippen LogP contribution in [-0.2, 0) is 4.74 Å². The molecule has 19 heavy (non-hydrogen) atoms. The second-order valence-electron chi connectivity index (χ2n) is 5.13. The number of ether oxygens (including phenoxy) is 2. The van der Waals surface area contributed by atoms with Gasteiger partial charge in [0, 0.05) is 0 Å². The molecule has 1 N–H and O–H groups in total. The van der Waals surface area contributed by atoms with Crippen LogP contribution in [0.15, 0.2) is 36.1 Å². The van der Waals surface area contributed by atoms with Crippen LogP contribution in [0.2, 0.25) is 0 Å². The first kappa shape index (κ1) is 13.9. The maximum Gasteiger partial charge on any atom is 0.120 e. The highest BCUT2D eigenvalue weighted by molar-refractivity contribution is 5.35. The van der Waals surface area contributed by atoms with Gasteiger partial charge < -0.3 is 14.8 Å². The van der Waals surface area contributed by atoms with Crippen molar-refractivity contribution in [1.29, 1.82) is 0 Å². The van der Waals surface area contributed by atoms with E-state index in [1.807, 2.05) is 39.3 Å². The van der Waals surface area contributed by atoms with E-state index in [1.54, 1.807) is 0 Å². The van der Waals surface area contributed by atoms with Crippen molar-refractivity contribution in [3.63, 3.8) is 0 Å². The van der Waals surface area contributed by atoms with Gasteiger partial charge in [-0.2, -0.15) is 0 Å². The van der Waals surface area contributed by atoms with Crippen LogP contribution >= 0.6 is 0 Å². The van der Waals surface area contributed by atoms with E-state index in [2.05, 4.69) is 17.4 Å². The summed E-state index contributed by atoms with van der Waals surface area (Å²) in [6.45, 7) is 4.91. The van der Waals surface area contributed by atoms with Gasteiger partial charge in [0.1, 0.15) is 5.75 Å². The predicted octanol–water partition coefficient (Wildman–Crippen LogP) is 3.43. The molecule has 0 amide bonds. The van der Waals surface area contributed by atoms with Crippen LogP contribution in [0, 0.1) is 0 Å². The van der Waals surface area contributed by atoms with Crippen molar-refractivity contribution in [2.45, 2.75) is 38.8 Å². The van der Waals surface area contributed by atoms with E-state index in [9.17, 15) is 0 Å². The van der Waals surface area contributed by atoms with Gasteiger partial charge >= 0.3 is 0 Å². The highest BCUT2D eigenvalue weighted by Crippen LogP contribution is 2.29. The average molecular weight is 261 g/mol. The van der Waals surface area contributed by atoms with Gasteiger partial charge in [0.15, 0.2) is 0 Å². The minimum absolute atomic E-state index is 0.195. The predicted molar refractivity (Wildman–Crippen MR) is 77.3 cm³/mol. The molecule has 0 aliphatic carbocycles. The Morgan fingerprint density at radius 2 is 2.16 bits per heavy atom. The molecule has 1 atom stereocenters. The van der Waals surface area contributed by atoms with Gasteiger partial charge in [-0.3, -0.25) is 0 Å². The first-order valence-electron chi connectivity index (χ1n) is 6.95. The molecular formula is C16H23NO2. The van der Waals surface area contributed by atoms with E-state index in [0.717, 1.165) is 25.2 Å². The van der Waals surface area contributed by atoms with Crippen LogP contribution in [0.5, 0.6) is 5.75 Å². The Labute approximate surface area is 115 Å². The van der Waals surface area contributed by atoms with Crippen LogP contribution in [0.1, 0.15) is 38.3 Å². The molecule has 2 rings (SSSR count). The van der Waals surface area contributed by atoms with E-state index < -0.39 is 0 Å². The van der Waals surface area contributed by atoms with E-state index in [-0.39, 0.29) is 12.1 Å². The fourth-order valence-corrected chi connectivity index (χ4v) is 2.40. The largest absolute Gasteiger partial charge is 0.501 e. The molecule has 1 unspecified atom stereocenters. The summed E-state index contributed by atoms with van der Waals surface area (Å²) < 4.78 is 11.2. The molecule has 104 valence electrons. The van der Waals surface area contributed by atoms with Gasteiger partial charge in [-0.15, -0.1) is 0 Å². The molecule has 1 aromatic rings. The number of rotatable bonds is 5. The van der Waals surface area contributed by atoms with Crippen molar-refractivity contribution >= 4 is 0 Å². The molecule has 1 aromatic carbocycles. The molecule has 3 nitrogen and oxygen atoms in total. The molecule has 0 saturated carbocycles. The van der Waals surface area contributed by atoms with Crippen LogP contribution in [-0.4, -0.2) is 19.8 Å². The van der Waals surface area contributed by atoms with Crippen LogP contribution in [0.25, 0.3) is 0 Å². The molecular weight excluding hydrogens is 238 g/mol. The van der Waals surface area contributed by atoms with E-state index in [0.29, 0.717) is 0 Å². The zero-order chi connectivity index (χ0) is 13.7. The van der Waals surface area contributed by atoms with Crippen molar-refractivity contribution in [2.24, 2.45) is 0 Å². The molecule has 0 saturated heterocycles. The van der Waals surface area contributed by atoms with Gasteiger partial charge in [0.2, 0.25) is 0 Å². The van der Waals surface area contributed by atoms with Crippen LogP contribution in [0.4, 0.5) is 0 Å². The summed E-state index contributed by atoms with van der Waals surface area (Å²) in [5, 5.41) is 3.36. The van der Waals surface area contributed by atoms with Gasteiger partial charge in [0.25, 0.3) is 0 Å². The Kier molecular flexibility index (Phi) is 4.86. The standard InChI is InChI=1S/C16H23NO2/c1-12(2)19-15-8-4-6-13(10-15)16(17-3)14-7-5-9-18-11-14/h4,6,8,10-12,16-17H,5,7,9H2,1-3H3. The summed E-state index contributed by atoms with van der Waals surface area (Å²) in [5.74, 6) is 0.921. The molecule has 0 fully saturated rings. The third kappa shape index (κ3) is 3.74. The van der Waals surface area contributed by atoms with Crippen molar-refractivity contribution in [3.05, 3.63) is 41.7 Å². The Morgan fingerprint density at radius 3 is 2.79 bits per heavy atom. The van der Waals surface area contributed by atoms with Crippen molar-refractivity contribution in [3.8, 4) is 5.75 Å². The zero-order valence-electron chi connectivity index (χ0n) is 12.0. The molecule has 0 spiro atoms. The van der Waals surface area contributed by atoms with Gasteiger partial charge in [-0.05, 0) is 57.0 Å². The number of likely N-dealkylation sites (N-methyl/N-ethyl adjacent to an activating group) is 1. The minimum Gasteiger partial charge on any atom is -0.501 e. The van der Waals surface area contributed by atoms with Crippen molar-refractivity contribution < 1.29 is 9.47 Å². The lowest BCUT2D eigenvalue weighted by Crippen LogP contribution is -2.21. The Morgan fingerprint density at radius 1 is 1.32 bits per heavy atom. The molecule has 0 bridgehead atoms. The maximum absolute atomic E-state index is 5.76. The first-order chi connectivity index (χ1) is 9.20. The molecule has 0 aromatic heterocycles. The number of nitrogens with one attached hydrogen (secondary N) is 1. The average Bonchev–Trinajstić information content (AvgIpc) is 2.40. The Hall–Kier alpha value is -1.48. The smallest absolute Gasteiger partial charge is 0.120 e. The quantitative estimate of drug-likeness (QED) is 0.881. The lowest BCUT2D eigenvalue weighted by Gasteiger charge is -2.23. The summed E-state index contributed by atoms with van der Waals surface area (Å²) >= 11 is 0. The second kappa shape index (κ2) is 6.62. The first-order valence-corrected chi connectivity index (χ1v) is 6.95. The molecule has 1 aliphatic heterocycles. The topological polar surface area (TPSA) is 30.5 Å². The highest BCUT2D eigenvalue weighted by Gasteiger charge is 2.17. The van der Waals surface area contributed by atoms with Gasteiger partial charge in [-0.25, -0.2) is 0 Å². The zero-order valence-corrected chi connectivity index (χ0v) is 12.0. The van der Waals surface area contributed by atoms with E-state index in [4.69, 9.17) is 9.47 Å². The highest BCUT2D eigenvalue weighted by atomic mass is 16.5. The minimum atomic E-state index is 0.195. The number of hydrogen-bond acceptors (Lipinski definition) is 3. The number of benzene rings is 1. The summed E-state index contributed by atoms with van der Waals surface area (Å²) in [6.07, 6.45) is 4.27. The normalized spacial score (nSPS) is 16.7. The number of hydrogen-bond donors (Lipinski definition) is 1. The van der Waals surface area contributed by atoms with Gasteiger partial charge in [-0.1, -0.05) is 12.1 Å². The second-order valence-corrected chi connectivity index (χ2v) is 5.13. The third-order valence-electron chi connectivity index (χ3n) is 3.19. The summed E-state index contributed by atoms with van der Waals surface area (Å²) in [5.41, 5.74) is 2.52. The molecule has 0 radical (unpaired) electrons. The fourth-order valence-electron chi connectivity index (χ4n) is 2.40. The van der Waals surface area contributed by atoms with Crippen molar-refractivity contribution in [1.82, 2.24) is 5.32 Å².